The molecule has 2 aliphatic heterocycles. The van der Waals surface area contributed by atoms with Crippen molar-refractivity contribution in [1.29, 1.82) is 0 Å². The summed E-state index contributed by atoms with van der Waals surface area (Å²) in [5.74, 6) is -1.20. The van der Waals surface area contributed by atoms with Crippen LogP contribution in [0.2, 0.25) is 0 Å². The number of ether oxygens (including phenoxy) is 3. The number of benzene rings is 2. The predicted octanol–water partition coefficient (Wildman–Crippen LogP) is 2.24. The molecule has 13 nitrogen and oxygen atoms in total. The Labute approximate surface area is 256 Å². The summed E-state index contributed by atoms with van der Waals surface area (Å²) >= 11 is 0. The molecule has 0 aromatic heterocycles. The van der Waals surface area contributed by atoms with Crippen molar-refractivity contribution < 1.29 is 38.2 Å². The number of anilines is 2. The highest BCUT2D eigenvalue weighted by Gasteiger charge is 2.35. The first-order chi connectivity index (χ1) is 21.0. The summed E-state index contributed by atoms with van der Waals surface area (Å²) in [5.41, 5.74) is 2.14. The number of morpholine rings is 1. The van der Waals surface area contributed by atoms with E-state index in [4.69, 9.17) is 14.2 Å². The molecule has 0 bridgehead atoms. The average Bonchev–Trinajstić information content (AvgIpc) is 3.39. The summed E-state index contributed by atoms with van der Waals surface area (Å²) in [6.07, 6.45) is -1.81. The third-order valence-corrected chi connectivity index (χ3v) is 7.44. The first kappa shape index (κ1) is 32.3. The second-order valence-electron chi connectivity index (χ2n) is 11.1. The Balaban J connectivity index is 1.27. The first-order valence-corrected chi connectivity index (χ1v) is 14.5. The number of nitrogens with one attached hydrogen (secondary N) is 1. The van der Waals surface area contributed by atoms with Crippen molar-refractivity contribution in [2.24, 2.45) is 5.92 Å². The zero-order chi connectivity index (χ0) is 31.8. The zero-order valence-corrected chi connectivity index (χ0v) is 25.4. The van der Waals surface area contributed by atoms with E-state index in [0.717, 1.165) is 10.5 Å². The highest BCUT2D eigenvalue weighted by molar-refractivity contribution is 5.96. The molecule has 0 saturated carbocycles. The fourth-order valence-corrected chi connectivity index (χ4v) is 5.05. The van der Waals surface area contributed by atoms with Crippen LogP contribution in [0.1, 0.15) is 19.4 Å². The Morgan fingerprint density at radius 2 is 1.66 bits per heavy atom. The fraction of sp³-hybridized carbons (Fsp3) is 0.452. The maximum absolute atomic E-state index is 13.2. The molecular weight excluding hydrogens is 570 g/mol. The summed E-state index contributed by atoms with van der Waals surface area (Å²) in [4.78, 5) is 68.9. The van der Waals surface area contributed by atoms with Gasteiger partial charge in [-0.05, 0) is 35.7 Å². The summed E-state index contributed by atoms with van der Waals surface area (Å²) in [5, 5.41) is 2.81. The Morgan fingerprint density at radius 3 is 2.30 bits per heavy atom. The van der Waals surface area contributed by atoms with Gasteiger partial charge in [-0.1, -0.05) is 44.2 Å². The molecule has 2 fully saturated rings. The monoisotopic (exact) mass is 609 g/mol. The smallest absolute Gasteiger partial charge is 0.414 e. The SMILES string of the molecule is CC(C)[C@@H](C(=O)NC[C@H]1CN(c2ccc(N3CCOCC3=O)cc2)C(=O)O1)N(C)C(=O)CN(C)C(=O)OCc1ccccc1. The second kappa shape index (κ2) is 14.7. The van der Waals surface area contributed by atoms with Crippen molar-refractivity contribution in [2.45, 2.75) is 32.6 Å². The zero-order valence-electron chi connectivity index (χ0n) is 25.4. The van der Waals surface area contributed by atoms with Crippen LogP contribution in [-0.2, 0) is 35.2 Å². The maximum atomic E-state index is 13.2. The van der Waals surface area contributed by atoms with Gasteiger partial charge in [-0.15, -0.1) is 0 Å². The van der Waals surface area contributed by atoms with Gasteiger partial charge in [0, 0.05) is 32.0 Å². The van der Waals surface area contributed by atoms with Gasteiger partial charge in [-0.25, -0.2) is 9.59 Å². The van der Waals surface area contributed by atoms with E-state index < -0.39 is 36.1 Å². The van der Waals surface area contributed by atoms with E-state index in [1.807, 2.05) is 44.2 Å². The number of cyclic esters (lactones) is 1. The van der Waals surface area contributed by atoms with E-state index >= 15 is 0 Å². The molecule has 2 atom stereocenters. The molecule has 2 aromatic rings. The third kappa shape index (κ3) is 8.04. The van der Waals surface area contributed by atoms with Crippen LogP contribution in [0.25, 0.3) is 0 Å². The van der Waals surface area contributed by atoms with Gasteiger partial charge in [0.05, 0.1) is 19.7 Å². The molecule has 236 valence electrons. The Morgan fingerprint density at radius 1 is 1.00 bits per heavy atom. The molecule has 44 heavy (non-hydrogen) atoms. The van der Waals surface area contributed by atoms with Crippen molar-refractivity contribution in [1.82, 2.24) is 15.1 Å². The number of hydrogen-bond acceptors (Lipinski definition) is 8. The molecule has 2 aromatic carbocycles. The van der Waals surface area contributed by atoms with E-state index in [1.165, 1.54) is 23.9 Å². The molecular formula is C31H39N5O8. The number of hydrogen-bond donors (Lipinski definition) is 1. The lowest BCUT2D eigenvalue weighted by Crippen LogP contribution is -2.53. The number of amides is 5. The quantitative estimate of drug-likeness (QED) is 0.410. The summed E-state index contributed by atoms with van der Waals surface area (Å²) in [6, 6.07) is 15.4. The minimum absolute atomic E-state index is 0.0378. The molecule has 1 N–H and O–H groups in total. The molecule has 0 spiro atoms. The van der Waals surface area contributed by atoms with Crippen molar-refractivity contribution in [2.75, 3.05) is 63.3 Å². The third-order valence-electron chi connectivity index (χ3n) is 7.44. The highest BCUT2D eigenvalue weighted by Crippen LogP contribution is 2.25. The maximum Gasteiger partial charge on any atom is 0.414 e. The van der Waals surface area contributed by atoms with Gasteiger partial charge in [-0.2, -0.15) is 0 Å². The lowest BCUT2D eigenvalue weighted by Gasteiger charge is -2.31. The number of likely N-dealkylation sites (N-methyl/N-ethyl adjacent to an activating group) is 2. The molecule has 13 heteroatoms. The molecule has 0 aliphatic carbocycles. The van der Waals surface area contributed by atoms with Crippen molar-refractivity contribution in [3.8, 4) is 0 Å². The Hall–Kier alpha value is -4.65. The van der Waals surface area contributed by atoms with Gasteiger partial charge in [0.1, 0.15) is 31.9 Å². The summed E-state index contributed by atoms with van der Waals surface area (Å²) in [7, 11) is 2.97. The van der Waals surface area contributed by atoms with Gasteiger partial charge >= 0.3 is 12.2 Å². The summed E-state index contributed by atoms with van der Waals surface area (Å²) in [6.45, 7) is 4.67. The van der Waals surface area contributed by atoms with Crippen molar-refractivity contribution in [3.63, 3.8) is 0 Å². The van der Waals surface area contributed by atoms with Crippen LogP contribution >= 0.6 is 0 Å². The minimum atomic E-state index is -0.820. The molecule has 0 unspecified atom stereocenters. The van der Waals surface area contributed by atoms with Crippen LogP contribution in [0.15, 0.2) is 54.6 Å². The van der Waals surface area contributed by atoms with E-state index in [2.05, 4.69) is 5.32 Å². The van der Waals surface area contributed by atoms with Crippen LogP contribution in [0.4, 0.5) is 21.0 Å². The van der Waals surface area contributed by atoms with Crippen LogP contribution in [0, 0.1) is 5.92 Å². The van der Waals surface area contributed by atoms with E-state index in [0.29, 0.717) is 24.5 Å². The van der Waals surface area contributed by atoms with E-state index in [9.17, 15) is 24.0 Å². The van der Waals surface area contributed by atoms with Gasteiger partial charge < -0.3 is 34.2 Å². The molecule has 0 radical (unpaired) electrons. The number of rotatable bonds is 11. The van der Waals surface area contributed by atoms with Gasteiger partial charge in [0.15, 0.2) is 0 Å². The molecule has 4 rings (SSSR count). The second-order valence-corrected chi connectivity index (χ2v) is 11.1. The summed E-state index contributed by atoms with van der Waals surface area (Å²) < 4.78 is 15.9. The molecule has 2 aliphatic rings. The predicted molar refractivity (Wildman–Crippen MR) is 161 cm³/mol. The lowest BCUT2D eigenvalue weighted by molar-refractivity contribution is -0.141. The van der Waals surface area contributed by atoms with Crippen LogP contribution < -0.4 is 15.1 Å². The minimum Gasteiger partial charge on any atom is -0.445 e. The van der Waals surface area contributed by atoms with Crippen LogP contribution in [-0.4, -0.2) is 105 Å². The topological polar surface area (TPSA) is 138 Å². The fourth-order valence-electron chi connectivity index (χ4n) is 5.05. The Kier molecular flexibility index (Phi) is 10.8. The first-order valence-electron chi connectivity index (χ1n) is 14.5. The number of carbonyl (C=O) groups is 5. The van der Waals surface area contributed by atoms with Crippen molar-refractivity contribution >= 4 is 41.3 Å². The number of nitrogens with zero attached hydrogens (tertiary/aromatic N) is 4. The standard InChI is InChI=1S/C31H39N5O8/c1-21(2)28(34(4)26(37)18-33(3)30(40)43-19-22-8-6-5-7-9-22)29(39)32-16-25-17-36(31(41)44-25)24-12-10-23(11-13-24)35-14-15-42-20-27(35)38/h5-13,21,25,28H,14-20H2,1-4H3,(H,32,39)/t25-,28-/m0/s1. The Bertz CT molecular complexity index is 1340. The number of carbonyl (C=O) groups excluding carboxylic acids is 5. The normalized spacial score (nSPS) is 17.2. The largest absolute Gasteiger partial charge is 0.445 e. The van der Waals surface area contributed by atoms with Crippen LogP contribution in [0.5, 0.6) is 0 Å². The van der Waals surface area contributed by atoms with E-state index in [-0.39, 0.29) is 44.7 Å². The van der Waals surface area contributed by atoms with Gasteiger partial charge in [0.25, 0.3) is 5.91 Å². The van der Waals surface area contributed by atoms with E-state index in [1.54, 1.807) is 29.2 Å². The molecule has 2 saturated heterocycles. The highest BCUT2D eigenvalue weighted by atomic mass is 16.6. The van der Waals surface area contributed by atoms with Crippen LogP contribution in [0.3, 0.4) is 0 Å². The lowest BCUT2D eigenvalue weighted by atomic mass is 10.0. The van der Waals surface area contributed by atoms with Crippen molar-refractivity contribution in [3.05, 3.63) is 60.2 Å². The molecule has 5 amide bonds. The van der Waals surface area contributed by atoms with Gasteiger partial charge in [-0.3, -0.25) is 19.3 Å². The molecule has 2 heterocycles. The average molecular weight is 610 g/mol. The van der Waals surface area contributed by atoms with Gasteiger partial charge in [0.2, 0.25) is 11.8 Å².